The van der Waals surface area contributed by atoms with Crippen LogP contribution >= 0.6 is 0 Å². The molecule has 0 saturated carbocycles. The Morgan fingerprint density at radius 2 is 2.17 bits per heavy atom. The number of halogens is 1. The molecule has 0 heterocycles. The monoisotopic (exact) mass is 249 g/mol. The van der Waals surface area contributed by atoms with Crippen LogP contribution in [0.25, 0.3) is 0 Å². The van der Waals surface area contributed by atoms with Crippen molar-refractivity contribution in [2.45, 2.75) is 5.67 Å². The number of nitrogens with zero attached hydrogens (tertiary/aromatic N) is 1. The molecule has 0 saturated heterocycles. The number of methoxy groups -OCH3 is 1. The summed E-state index contributed by atoms with van der Waals surface area (Å²) in [7, 11) is 1.46. The lowest BCUT2D eigenvalue weighted by atomic mass is 9.97. The lowest BCUT2D eigenvalue weighted by molar-refractivity contribution is -0.153. The van der Waals surface area contributed by atoms with E-state index in [9.17, 15) is 9.18 Å². The molecular weight excluding hydrogens is 237 g/mol. The van der Waals surface area contributed by atoms with Crippen molar-refractivity contribution in [2.24, 2.45) is 0 Å². The molecule has 0 aliphatic rings. The Kier molecular flexibility index (Phi) is 4.44. The van der Waals surface area contributed by atoms with Crippen LogP contribution in [0, 0.1) is 11.3 Å². The molecular formula is C13H12FNO3. The molecule has 0 bridgehead atoms. The highest BCUT2D eigenvalue weighted by molar-refractivity contribution is 5.84. The van der Waals surface area contributed by atoms with E-state index in [1.165, 1.54) is 43.5 Å². The summed E-state index contributed by atoms with van der Waals surface area (Å²) in [5, 5.41) is 8.85. The van der Waals surface area contributed by atoms with Crippen molar-refractivity contribution in [1.29, 1.82) is 5.26 Å². The van der Waals surface area contributed by atoms with Crippen molar-refractivity contribution in [2.75, 3.05) is 13.7 Å². The molecule has 0 aliphatic heterocycles. The molecule has 0 fully saturated rings. The van der Waals surface area contributed by atoms with Gasteiger partial charge in [-0.25, -0.2) is 9.18 Å². The average molecular weight is 249 g/mol. The molecule has 0 amide bonds. The van der Waals surface area contributed by atoms with Crippen LogP contribution in [0.4, 0.5) is 4.39 Å². The van der Waals surface area contributed by atoms with Gasteiger partial charge in [0.25, 0.3) is 0 Å². The van der Waals surface area contributed by atoms with Gasteiger partial charge in [-0.05, 0) is 12.1 Å². The molecule has 4 nitrogen and oxygen atoms in total. The van der Waals surface area contributed by atoms with Crippen LogP contribution in [-0.4, -0.2) is 19.7 Å². The van der Waals surface area contributed by atoms with E-state index in [2.05, 4.69) is 11.3 Å². The lowest BCUT2D eigenvalue weighted by Crippen LogP contribution is -2.31. The van der Waals surface area contributed by atoms with Crippen LogP contribution in [-0.2, 0) is 15.2 Å². The van der Waals surface area contributed by atoms with E-state index in [1.807, 2.05) is 0 Å². The third-order valence-corrected chi connectivity index (χ3v) is 2.26. The zero-order valence-electron chi connectivity index (χ0n) is 9.85. The van der Waals surface area contributed by atoms with Gasteiger partial charge in [0.2, 0.25) is 0 Å². The maximum atomic E-state index is 14.3. The highest BCUT2D eigenvalue weighted by Crippen LogP contribution is 2.28. The number of carbonyl (C=O) groups is 1. The average Bonchev–Trinajstić information content (AvgIpc) is 2.43. The molecule has 0 radical (unpaired) electrons. The molecule has 1 rings (SSSR count). The van der Waals surface area contributed by atoms with Crippen molar-refractivity contribution in [3.05, 3.63) is 42.5 Å². The third-order valence-electron chi connectivity index (χ3n) is 2.26. The van der Waals surface area contributed by atoms with Crippen LogP contribution in [0.15, 0.2) is 36.9 Å². The van der Waals surface area contributed by atoms with E-state index in [-0.39, 0.29) is 12.2 Å². The molecule has 94 valence electrons. The number of ether oxygens (including phenoxy) is 2. The van der Waals surface area contributed by atoms with Gasteiger partial charge in [0, 0.05) is 5.56 Å². The first-order valence-corrected chi connectivity index (χ1v) is 5.11. The fourth-order valence-corrected chi connectivity index (χ4v) is 1.28. The van der Waals surface area contributed by atoms with Gasteiger partial charge in [0.1, 0.15) is 18.4 Å². The molecule has 0 aromatic heterocycles. The summed E-state index contributed by atoms with van der Waals surface area (Å²) in [4.78, 5) is 11.5. The van der Waals surface area contributed by atoms with Gasteiger partial charge in [-0.2, -0.15) is 5.26 Å². The molecule has 1 atom stereocenters. The van der Waals surface area contributed by atoms with Gasteiger partial charge in [-0.15, -0.1) is 0 Å². The fourth-order valence-electron chi connectivity index (χ4n) is 1.28. The minimum Gasteiger partial charge on any atom is -0.497 e. The number of hydrogen-bond donors (Lipinski definition) is 0. The molecule has 0 N–H and O–H groups in total. The highest BCUT2D eigenvalue weighted by atomic mass is 19.1. The Morgan fingerprint density at radius 1 is 1.56 bits per heavy atom. The molecule has 1 aromatic carbocycles. The van der Waals surface area contributed by atoms with E-state index in [0.717, 1.165) is 0 Å². The zero-order valence-corrected chi connectivity index (χ0v) is 9.85. The molecule has 0 spiro atoms. The largest absolute Gasteiger partial charge is 0.497 e. The van der Waals surface area contributed by atoms with Crippen molar-refractivity contribution in [3.8, 4) is 11.8 Å². The Morgan fingerprint density at radius 3 is 2.61 bits per heavy atom. The quantitative estimate of drug-likeness (QED) is 0.592. The van der Waals surface area contributed by atoms with Gasteiger partial charge in [-0.3, -0.25) is 0 Å². The van der Waals surface area contributed by atoms with Gasteiger partial charge in [0.15, 0.2) is 0 Å². The van der Waals surface area contributed by atoms with Crippen molar-refractivity contribution >= 4 is 5.97 Å². The normalized spacial score (nSPS) is 12.9. The number of carbonyl (C=O) groups excluding carboxylic acids is 1. The van der Waals surface area contributed by atoms with Crippen molar-refractivity contribution in [1.82, 2.24) is 0 Å². The third kappa shape index (κ3) is 2.66. The maximum Gasteiger partial charge on any atom is 0.364 e. The van der Waals surface area contributed by atoms with E-state index < -0.39 is 11.6 Å². The molecule has 1 unspecified atom stereocenters. The number of esters is 1. The molecule has 18 heavy (non-hydrogen) atoms. The zero-order chi connectivity index (χ0) is 13.6. The second-order valence-electron chi connectivity index (χ2n) is 3.39. The van der Waals surface area contributed by atoms with Gasteiger partial charge >= 0.3 is 11.6 Å². The summed E-state index contributed by atoms with van der Waals surface area (Å²) in [5.41, 5.74) is -2.92. The summed E-state index contributed by atoms with van der Waals surface area (Å²) in [6.07, 6.45) is 1.30. The van der Waals surface area contributed by atoms with Crippen molar-refractivity contribution < 1.29 is 18.7 Å². The van der Waals surface area contributed by atoms with Gasteiger partial charge in [-0.1, -0.05) is 24.8 Å². The summed E-state index contributed by atoms with van der Waals surface area (Å²) >= 11 is 0. The molecule has 1 aromatic rings. The van der Waals surface area contributed by atoms with Gasteiger partial charge < -0.3 is 9.47 Å². The number of benzene rings is 1. The Balaban J connectivity index is 3.02. The summed E-state index contributed by atoms with van der Waals surface area (Å²) < 4.78 is 23.8. The van der Waals surface area contributed by atoms with Crippen LogP contribution in [0.5, 0.6) is 5.75 Å². The Bertz CT molecular complexity index is 478. The second kappa shape index (κ2) is 5.82. The van der Waals surface area contributed by atoms with Crippen LogP contribution in [0.1, 0.15) is 5.56 Å². The topological polar surface area (TPSA) is 59.3 Å². The lowest BCUT2D eigenvalue weighted by Gasteiger charge is -2.16. The van der Waals surface area contributed by atoms with Crippen LogP contribution < -0.4 is 4.74 Å². The number of rotatable bonds is 5. The maximum absolute atomic E-state index is 14.3. The van der Waals surface area contributed by atoms with E-state index in [0.29, 0.717) is 5.75 Å². The van der Waals surface area contributed by atoms with E-state index in [4.69, 9.17) is 10.00 Å². The van der Waals surface area contributed by atoms with Crippen LogP contribution in [0.3, 0.4) is 0 Å². The summed E-state index contributed by atoms with van der Waals surface area (Å²) in [5.74, 6) is -0.756. The summed E-state index contributed by atoms with van der Waals surface area (Å²) in [6.45, 7) is 3.19. The van der Waals surface area contributed by atoms with E-state index in [1.54, 1.807) is 0 Å². The SMILES string of the molecule is C=CCOC(=O)C(F)(C#N)c1ccc(OC)cc1. The first kappa shape index (κ1) is 13.7. The number of alkyl halides is 1. The summed E-state index contributed by atoms with van der Waals surface area (Å²) in [6, 6.07) is 6.85. The van der Waals surface area contributed by atoms with Crippen molar-refractivity contribution in [3.63, 3.8) is 0 Å². The molecule has 5 heteroatoms. The Labute approximate surface area is 104 Å². The molecule has 0 aliphatic carbocycles. The minimum absolute atomic E-state index is 0.0973. The number of nitriles is 1. The highest BCUT2D eigenvalue weighted by Gasteiger charge is 2.42. The first-order valence-electron chi connectivity index (χ1n) is 5.11. The first-order chi connectivity index (χ1) is 8.58. The predicted octanol–water partition coefficient (Wildman–Crippen LogP) is 2.11. The fraction of sp³-hybridized carbons (Fsp3) is 0.231. The minimum atomic E-state index is -2.82. The number of hydrogen-bond acceptors (Lipinski definition) is 4. The predicted molar refractivity (Wildman–Crippen MR) is 62.5 cm³/mol. The van der Waals surface area contributed by atoms with Crippen LogP contribution in [0.2, 0.25) is 0 Å². The Hall–Kier alpha value is -2.35. The van der Waals surface area contributed by atoms with E-state index >= 15 is 0 Å². The standard InChI is InChI=1S/C13H12FNO3/c1-3-8-18-12(16)13(14,9-15)10-4-6-11(17-2)7-5-10/h3-7H,1,8H2,2H3. The second-order valence-corrected chi connectivity index (χ2v) is 3.39. The van der Waals surface area contributed by atoms with Gasteiger partial charge in [0.05, 0.1) is 7.11 Å². The smallest absolute Gasteiger partial charge is 0.364 e.